The van der Waals surface area contributed by atoms with Crippen molar-refractivity contribution < 1.29 is 32.2 Å². The van der Waals surface area contributed by atoms with Crippen molar-refractivity contribution in [3.63, 3.8) is 0 Å². The van der Waals surface area contributed by atoms with Crippen molar-refractivity contribution in [2.45, 2.75) is 38.5 Å². The number of hydrogen-bond acceptors (Lipinski definition) is 7. The number of carbonyl (C=O) groups excluding carboxylic acids is 2. The lowest BCUT2D eigenvalue weighted by Crippen LogP contribution is -2.44. The maximum atomic E-state index is 13.7. The number of nitrogens with zero attached hydrogens (tertiary/aromatic N) is 2. The molecular formula is C24H33N3O7S. The van der Waals surface area contributed by atoms with E-state index in [0.29, 0.717) is 41.4 Å². The number of amides is 1. The summed E-state index contributed by atoms with van der Waals surface area (Å²) < 4.78 is 46.1. The highest BCUT2D eigenvalue weighted by Crippen LogP contribution is 2.33. The molecule has 0 saturated carbocycles. The van der Waals surface area contributed by atoms with Crippen LogP contribution in [0.15, 0.2) is 23.1 Å². The summed E-state index contributed by atoms with van der Waals surface area (Å²) in [6.45, 7) is 5.41. The second-order valence-corrected chi connectivity index (χ2v) is 10.3. The van der Waals surface area contributed by atoms with E-state index in [9.17, 15) is 18.0 Å². The van der Waals surface area contributed by atoms with E-state index in [-0.39, 0.29) is 36.1 Å². The van der Waals surface area contributed by atoms with Gasteiger partial charge < -0.3 is 24.1 Å². The fourth-order valence-electron chi connectivity index (χ4n) is 4.32. The van der Waals surface area contributed by atoms with Crippen molar-refractivity contribution in [2.24, 2.45) is 13.0 Å². The Hall–Kier alpha value is -3.05. The zero-order chi connectivity index (χ0) is 25.9. The van der Waals surface area contributed by atoms with E-state index in [1.54, 1.807) is 50.6 Å². The number of nitrogens with one attached hydrogen (secondary N) is 1. The van der Waals surface area contributed by atoms with Crippen LogP contribution < -0.4 is 14.8 Å². The van der Waals surface area contributed by atoms with E-state index in [1.165, 1.54) is 18.5 Å². The molecule has 1 fully saturated rings. The molecule has 0 bridgehead atoms. The van der Waals surface area contributed by atoms with E-state index in [4.69, 9.17) is 14.2 Å². The number of carbonyl (C=O) groups is 2. The highest BCUT2D eigenvalue weighted by Gasteiger charge is 2.39. The third-order valence-electron chi connectivity index (χ3n) is 6.42. The minimum atomic E-state index is -4.06. The molecule has 1 unspecified atom stereocenters. The van der Waals surface area contributed by atoms with Crippen LogP contribution in [0.4, 0.5) is 5.69 Å². The summed E-state index contributed by atoms with van der Waals surface area (Å²) in [5, 5.41) is 2.85. The van der Waals surface area contributed by atoms with E-state index in [0.717, 1.165) is 0 Å². The topological polar surface area (TPSA) is 116 Å². The Morgan fingerprint density at radius 1 is 1.14 bits per heavy atom. The number of methoxy groups -OCH3 is 2. The first kappa shape index (κ1) is 26.6. The van der Waals surface area contributed by atoms with E-state index < -0.39 is 21.9 Å². The minimum Gasteiger partial charge on any atom is -0.497 e. The molecule has 11 heteroatoms. The average molecular weight is 508 g/mol. The molecule has 0 spiro atoms. The molecule has 1 aromatic heterocycles. The molecule has 10 nitrogen and oxygen atoms in total. The summed E-state index contributed by atoms with van der Waals surface area (Å²) >= 11 is 0. The van der Waals surface area contributed by atoms with Gasteiger partial charge in [-0.25, -0.2) is 13.2 Å². The van der Waals surface area contributed by atoms with Gasteiger partial charge in [-0.1, -0.05) is 0 Å². The first-order valence-electron chi connectivity index (χ1n) is 11.4. The molecule has 1 N–H and O–H groups in total. The quantitative estimate of drug-likeness (QED) is 0.546. The molecule has 1 aliphatic heterocycles. The van der Waals surface area contributed by atoms with Crippen LogP contribution in [-0.2, 0) is 26.6 Å². The second-order valence-electron chi connectivity index (χ2n) is 8.41. The largest absolute Gasteiger partial charge is 0.497 e. The van der Waals surface area contributed by atoms with E-state index in [2.05, 4.69) is 5.32 Å². The summed E-state index contributed by atoms with van der Waals surface area (Å²) in [7, 11) is 0.676. The summed E-state index contributed by atoms with van der Waals surface area (Å²) in [6, 6.07) is 5.03. The maximum absolute atomic E-state index is 13.7. The maximum Gasteiger partial charge on any atom is 0.341 e. The summed E-state index contributed by atoms with van der Waals surface area (Å²) in [4.78, 5) is 25.7. The number of hydrogen-bond donors (Lipinski definition) is 1. The van der Waals surface area contributed by atoms with Gasteiger partial charge in [0, 0.05) is 37.6 Å². The lowest BCUT2D eigenvalue weighted by Gasteiger charge is -2.31. The number of piperidine rings is 1. The fourth-order valence-corrected chi connectivity index (χ4v) is 6.32. The second kappa shape index (κ2) is 10.7. The Labute approximate surface area is 206 Å². The Morgan fingerprint density at radius 3 is 2.49 bits per heavy atom. The molecule has 2 aromatic rings. The Bertz CT molecular complexity index is 1220. The van der Waals surface area contributed by atoms with Crippen LogP contribution in [0, 0.1) is 19.8 Å². The zero-order valence-electron chi connectivity index (χ0n) is 21.0. The number of benzene rings is 1. The smallest absolute Gasteiger partial charge is 0.341 e. The summed E-state index contributed by atoms with van der Waals surface area (Å²) in [5.41, 5.74) is 1.47. The minimum absolute atomic E-state index is 0.00227. The molecule has 1 aliphatic rings. The van der Waals surface area contributed by atoms with Gasteiger partial charge >= 0.3 is 5.97 Å². The van der Waals surface area contributed by atoms with Crippen molar-refractivity contribution >= 4 is 27.6 Å². The van der Waals surface area contributed by atoms with Gasteiger partial charge in [0.1, 0.15) is 22.0 Å². The zero-order valence-corrected chi connectivity index (χ0v) is 21.8. The lowest BCUT2D eigenvalue weighted by molar-refractivity contribution is -0.120. The van der Waals surface area contributed by atoms with Crippen molar-refractivity contribution in [3.8, 4) is 11.5 Å². The molecule has 3 rings (SSSR count). The number of esters is 1. The van der Waals surface area contributed by atoms with Gasteiger partial charge in [-0.15, -0.1) is 0 Å². The van der Waals surface area contributed by atoms with Gasteiger partial charge in [0.25, 0.3) is 0 Å². The number of rotatable bonds is 8. The van der Waals surface area contributed by atoms with Gasteiger partial charge in [-0.05, 0) is 45.7 Å². The Kier molecular flexibility index (Phi) is 8.11. The van der Waals surface area contributed by atoms with Crippen molar-refractivity contribution in [1.82, 2.24) is 8.87 Å². The molecule has 35 heavy (non-hydrogen) atoms. The molecule has 1 atom stereocenters. The Morgan fingerprint density at radius 2 is 1.86 bits per heavy atom. The standard InChI is InChI=1S/C24H33N3O7S/c1-7-34-24(29)21-15(2)26(4)16(3)22(21)35(30,31)27-12-8-9-17(14-27)23(28)25-19-11-10-18(32-5)13-20(19)33-6/h10-11,13,17H,7-9,12,14H2,1-6H3,(H,25,28). The molecule has 2 heterocycles. The van der Waals surface area contributed by atoms with Crippen LogP contribution in [-0.4, -0.2) is 63.1 Å². The van der Waals surface area contributed by atoms with Crippen LogP contribution in [0.3, 0.4) is 0 Å². The highest BCUT2D eigenvalue weighted by atomic mass is 32.2. The van der Waals surface area contributed by atoms with Gasteiger partial charge in [0.05, 0.1) is 32.4 Å². The number of sulfonamides is 1. The third-order valence-corrected chi connectivity index (χ3v) is 8.45. The number of ether oxygens (including phenoxy) is 3. The van der Waals surface area contributed by atoms with Crippen LogP contribution in [0.25, 0.3) is 0 Å². The van der Waals surface area contributed by atoms with Gasteiger partial charge in [-0.3, -0.25) is 4.79 Å². The van der Waals surface area contributed by atoms with Gasteiger partial charge in [-0.2, -0.15) is 4.31 Å². The Balaban J connectivity index is 1.87. The van der Waals surface area contributed by atoms with E-state index in [1.807, 2.05) is 0 Å². The van der Waals surface area contributed by atoms with Gasteiger partial charge in [0.15, 0.2) is 0 Å². The van der Waals surface area contributed by atoms with Crippen molar-refractivity contribution in [2.75, 3.05) is 39.2 Å². The predicted molar refractivity (Wildman–Crippen MR) is 131 cm³/mol. The molecule has 1 saturated heterocycles. The SMILES string of the molecule is CCOC(=O)c1c(S(=O)(=O)N2CCCC(C(=O)Nc3ccc(OC)cc3OC)C2)c(C)n(C)c1C. The van der Waals surface area contributed by atoms with Crippen molar-refractivity contribution in [3.05, 3.63) is 35.2 Å². The summed E-state index contributed by atoms with van der Waals surface area (Å²) in [5.74, 6) is -0.528. The van der Waals surface area contributed by atoms with E-state index >= 15 is 0 Å². The fraction of sp³-hybridized carbons (Fsp3) is 0.500. The highest BCUT2D eigenvalue weighted by molar-refractivity contribution is 7.89. The van der Waals surface area contributed by atoms with Crippen LogP contribution in [0.1, 0.15) is 41.5 Å². The van der Waals surface area contributed by atoms with Gasteiger partial charge in [0.2, 0.25) is 15.9 Å². The first-order chi connectivity index (χ1) is 16.6. The lowest BCUT2D eigenvalue weighted by atomic mass is 9.98. The normalized spacial score (nSPS) is 16.6. The average Bonchev–Trinajstić information content (AvgIpc) is 3.08. The van der Waals surface area contributed by atoms with Crippen LogP contribution in [0.2, 0.25) is 0 Å². The molecule has 1 aromatic carbocycles. The third kappa shape index (κ3) is 5.15. The molecule has 192 valence electrons. The molecule has 1 amide bonds. The number of aromatic nitrogens is 1. The monoisotopic (exact) mass is 507 g/mol. The molecule has 0 radical (unpaired) electrons. The molecule has 0 aliphatic carbocycles. The number of anilines is 1. The predicted octanol–water partition coefficient (Wildman–Crippen LogP) is 2.88. The first-order valence-corrected chi connectivity index (χ1v) is 12.9. The summed E-state index contributed by atoms with van der Waals surface area (Å²) in [6.07, 6.45) is 1.05. The van der Waals surface area contributed by atoms with Crippen LogP contribution >= 0.6 is 0 Å². The van der Waals surface area contributed by atoms with Crippen LogP contribution in [0.5, 0.6) is 11.5 Å². The van der Waals surface area contributed by atoms with Crippen molar-refractivity contribution in [1.29, 1.82) is 0 Å². The molecular weight excluding hydrogens is 474 g/mol.